The molecule has 0 saturated heterocycles. The topological polar surface area (TPSA) is 35.5 Å². The van der Waals surface area contributed by atoms with E-state index < -0.39 is 8.32 Å². The molecule has 40 heavy (non-hydrogen) atoms. The Hall–Kier alpha value is -2.69. The second-order valence-electron chi connectivity index (χ2n) is 14.3. The molecule has 0 heterocycles. The summed E-state index contributed by atoms with van der Waals surface area (Å²) in [5.74, 6) is 0.732. The van der Waals surface area contributed by atoms with Crippen LogP contribution in [0, 0.1) is 0 Å². The van der Waals surface area contributed by atoms with Crippen molar-refractivity contribution >= 4 is 14.6 Å². The first kappa shape index (κ1) is 30.3. The molecular weight excluding hydrogens is 508 g/mol. The molecule has 0 N–H and O–H groups in total. The normalized spacial score (nSPS) is 16.3. The fraction of sp³-hybridized carbons (Fsp3) is 0.472. The van der Waals surface area contributed by atoms with E-state index in [4.69, 9.17) is 9.16 Å². The first-order valence-corrected chi connectivity index (χ1v) is 17.6. The van der Waals surface area contributed by atoms with Crippen molar-refractivity contribution in [3.05, 3.63) is 88.5 Å². The van der Waals surface area contributed by atoms with E-state index in [1.807, 2.05) is 18.2 Å². The molecule has 0 fully saturated rings. The molecule has 3 aromatic rings. The fourth-order valence-corrected chi connectivity index (χ4v) is 6.49. The van der Waals surface area contributed by atoms with Crippen LogP contribution in [0.2, 0.25) is 18.1 Å². The van der Waals surface area contributed by atoms with Gasteiger partial charge < -0.3 is 9.16 Å². The van der Waals surface area contributed by atoms with Crippen LogP contribution in [0.15, 0.2) is 60.7 Å². The van der Waals surface area contributed by atoms with Crippen LogP contribution in [0.3, 0.4) is 0 Å². The SMILES string of the molecule is CC1(C)CCC(C)(C)c2cc(COc3cccc(C=O)c3-c3ccc(CCO[Si](C)(C)C(C)(C)C)cc3)ccc21. The average molecular weight is 557 g/mol. The molecule has 0 amide bonds. The largest absolute Gasteiger partial charge is 0.488 e. The van der Waals surface area contributed by atoms with Gasteiger partial charge in [0.1, 0.15) is 12.4 Å². The number of benzene rings is 3. The van der Waals surface area contributed by atoms with Gasteiger partial charge in [0.25, 0.3) is 0 Å². The summed E-state index contributed by atoms with van der Waals surface area (Å²) in [5, 5.41) is 0.206. The zero-order valence-corrected chi connectivity index (χ0v) is 27.1. The van der Waals surface area contributed by atoms with Gasteiger partial charge in [-0.1, -0.05) is 103 Å². The van der Waals surface area contributed by atoms with Gasteiger partial charge in [0.2, 0.25) is 0 Å². The summed E-state index contributed by atoms with van der Waals surface area (Å²) in [6, 6.07) is 21.0. The van der Waals surface area contributed by atoms with Gasteiger partial charge in [-0.2, -0.15) is 0 Å². The van der Waals surface area contributed by atoms with E-state index in [-0.39, 0.29) is 15.9 Å². The lowest BCUT2D eigenvalue weighted by Gasteiger charge is -2.42. The highest BCUT2D eigenvalue weighted by atomic mass is 28.4. The van der Waals surface area contributed by atoms with Crippen molar-refractivity contribution in [3.63, 3.8) is 0 Å². The molecule has 0 radical (unpaired) electrons. The smallest absolute Gasteiger partial charge is 0.191 e. The minimum absolute atomic E-state index is 0.154. The predicted octanol–water partition coefficient (Wildman–Crippen LogP) is 9.66. The van der Waals surface area contributed by atoms with E-state index >= 15 is 0 Å². The van der Waals surface area contributed by atoms with Crippen molar-refractivity contribution in [1.29, 1.82) is 0 Å². The highest BCUT2D eigenvalue weighted by Crippen LogP contribution is 2.46. The summed E-state index contributed by atoms with van der Waals surface area (Å²) < 4.78 is 12.8. The van der Waals surface area contributed by atoms with Gasteiger partial charge >= 0.3 is 0 Å². The maximum Gasteiger partial charge on any atom is 0.191 e. The minimum atomic E-state index is -1.76. The van der Waals surface area contributed by atoms with Crippen molar-refractivity contribution in [2.75, 3.05) is 6.61 Å². The molecule has 0 saturated carbocycles. The summed E-state index contributed by atoms with van der Waals surface area (Å²) in [4.78, 5) is 12.0. The number of rotatable bonds is 9. The number of hydrogen-bond donors (Lipinski definition) is 0. The molecule has 0 aromatic heterocycles. The molecule has 214 valence electrons. The third-order valence-corrected chi connectivity index (χ3v) is 13.9. The molecule has 1 aliphatic rings. The highest BCUT2D eigenvalue weighted by molar-refractivity contribution is 6.74. The number of hydrogen-bond acceptors (Lipinski definition) is 3. The molecule has 3 nitrogen and oxygen atoms in total. The van der Waals surface area contributed by atoms with Gasteiger partial charge in [-0.05, 0) is 82.1 Å². The second kappa shape index (κ2) is 11.3. The average Bonchev–Trinajstić information content (AvgIpc) is 2.89. The Morgan fingerprint density at radius 1 is 0.850 bits per heavy atom. The zero-order chi connectivity index (χ0) is 29.3. The van der Waals surface area contributed by atoms with Crippen molar-refractivity contribution in [1.82, 2.24) is 0 Å². The number of aldehydes is 1. The third kappa shape index (κ3) is 6.44. The molecule has 1 aliphatic carbocycles. The molecular formula is C36H48O3Si. The monoisotopic (exact) mass is 556 g/mol. The van der Waals surface area contributed by atoms with Gasteiger partial charge in [0.15, 0.2) is 14.6 Å². The standard InChI is InChI=1S/C36H48O3Si/c1-34(2,3)40(8,9)39-22-19-26-13-16-28(17-14-26)33-29(24-37)11-10-12-32(33)38-25-27-15-18-30-31(23-27)36(6,7)21-20-35(30,4)5/h10-18,23-24H,19-22,25H2,1-9H3. The number of carbonyl (C=O) groups is 1. The Kier molecular flexibility index (Phi) is 8.55. The molecule has 4 rings (SSSR count). The lowest BCUT2D eigenvalue weighted by Crippen LogP contribution is -2.41. The van der Waals surface area contributed by atoms with E-state index in [0.717, 1.165) is 41.8 Å². The summed E-state index contributed by atoms with van der Waals surface area (Å²) >= 11 is 0. The van der Waals surface area contributed by atoms with Crippen LogP contribution in [0.5, 0.6) is 5.75 Å². The van der Waals surface area contributed by atoms with E-state index in [1.54, 1.807) is 0 Å². The quantitative estimate of drug-likeness (QED) is 0.194. The van der Waals surface area contributed by atoms with Crippen molar-refractivity contribution in [2.24, 2.45) is 0 Å². The van der Waals surface area contributed by atoms with Crippen LogP contribution in [-0.4, -0.2) is 21.2 Å². The van der Waals surface area contributed by atoms with E-state index in [0.29, 0.717) is 12.2 Å². The van der Waals surface area contributed by atoms with Gasteiger partial charge in [-0.25, -0.2) is 0 Å². The van der Waals surface area contributed by atoms with E-state index in [1.165, 1.54) is 29.5 Å². The molecule has 0 bridgehead atoms. The van der Waals surface area contributed by atoms with Crippen molar-refractivity contribution in [2.45, 2.75) is 103 Å². The molecule has 4 heteroatoms. The Morgan fingerprint density at radius 2 is 1.48 bits per heavy atom. The van der Waals surface area contributed by atoms with Crippen LogP contribution in [0.4, 0.5) is 0 Å². The maximum absolute atomic E-state index is 12.0. The van der Waals surface area contributed by atoms with Crippen LogP contribution in [0.25, 0.3) is 11.1 Å². The van der Waals surface area contributed by atoms with Crippen LogP contribution in [0.1, 0.15) is 93.9 Å². The summed E-state index contributed by atoms with van der Waals surface area (Å²) in [5.41, 5.74) is 8.09. The Labute approximate surface area is 243 Å². The molecule has 0 unspecified atom stereocenters. The first-order valence-electron chi connectivity index (χ1n) is 14.7. The highest BCUT2D eigenvalue weighted by Gasteiger charge is 2.37. The Balaban J connectivity index is 1.52. The fourth-order valence-electron chi connectivity index (χ4n) is 5.44. The lowest BCUT2D eigenvalue weighted by molar-refractivity contribution is 0.112. The second-order valence-corrected chi connectivity index (χ2v) is 19.1. The van der Waals surface area contributed by atoms with Gasteiger partial charge in [0, 0.05) is 17.7 Å². The van der Waals surface area contributed by atoms with Crippen LogP contribution < -0.4 is 4.74 Å². The Bertz CT molecular complexity index is 1340. The van der Waals surface area contributed by atoms with Crippen molar-refractivity contribution in [3.8, 4) is 16.9 Å². The summed E-state index contributed by atoms with van der Waals surface area (Å²) in [6.45, 7) is 22.0. The minimum Gasteiger partial charge on any atom is -0.488 e. The number of ether oxygens (including phenoxy) is 1. The summed E-state index contributed by atoms with van der Waals surface area (Å²) in [6.07, 6.45) is 4.18. The first-order chi connectivity index (χ1) is 18.6. The molecule has 3 aromatic carbocycles. The van der Waals surface area contributed by atoms with E-state index in [9.17, 15) is 4.79 Å². The van der Waals surface area contributed by atoms with Crippen molar-refractivity contribution < 1.29 is 14.0 Å². The van der Waals surface area contributed by atoms with Gasteiger partial charge in [0.05, 0.1) is 0 Å². The third-order valence-electron chi connectivity index (χ3n) is 9.40. The van der Waals surface area contributed by atoms with Crippen LogP contribution in [-0.2, 0) is 28.3 Å². The molecule has 0 aliphatic heterocycles. The Morgan fingerprint density at radius 3 is 2.10 bits per heavy atom. The van der Waals surface area contributed by atoms with Crippen LogP contribution >= 0.6 is 0 Å². The lowest BCUT2D eigenvalue weighted by atomic mass is 9.63. The maximum atomic E-state index is 12.0. The number of carbonyl (C=O) groups excluding carboxylic acids is 1. The van der Waals surface area contributed by atoms with Gasteiger partial charge in [-0.3, -0.25) is 4.79 Å². The molecule has 0 atom stereocenters. The summed E-state index contributed by atoms with van der Waals surface area (Å²) in [7, 11) is -1.76. The van der Waals surface area contributed by atoms with Gasteiger partial charge in [-0.15, -0.1) is 0 Å². The van der Waals surface area contributed by atoms with E-state index in [2.05, 4.69) is 104 Å². The zero-order valence-electron chi connectivity index (χ0n) is 26.1. The number of fused-ring (bicyclic) bond motifs is 1. The predicted molar refractivity (Wildman–Crippen MR) is 170 cm³/mol. The molecule has 0 spiro atoms.